The number of benzene rings is 3. The Hall–Kier alpha value is -3.95. The van der Waals surface area contributed by atoms with E-state index in [0.29, 0.717) is 46.2 Å². The smallest absolute Gasteiger partial charge is 0.407 e. The third kappa shape index (κ3) is 6.12. The van der Waals surface area contributed by atoms with Crippen molar-refractivity contribution >= 4 is 41.2 Å². The molecule has 3 aromatic carbocycles. The molecule has 1 fully saturated rings. The Morgan fingerprint density at radius 2 is 1.40 bits per heavy atom. The van der Waals surface area contributed by atoms with E-state index in [-0.39, 0.29) is 32.2 Å². The van der Waals surface area contributed by atoms with Crippen LogP contribution in [0, 0.1) is 0 Å². The fraction of sp³-hybridized carbons (Fsp3) is 0.323. The van der Waals surface area contributed by atoms with Crippen molar-refractivity contribution < 1.29 is 24.2 Å². The van der Waals surface area contributed by atoms with Crippen LogP contribution in [0.5, 0.6) is 11.5 Å². The summed E-state index contributed by atoms with van der Waals surface area (Å²) in [7, 11) is 0. The molecule has 0 aliphatic carbocycles. The van der Waals surface area contributed by atoms with E-state index in [9.17, 15) is 14.7 Å². The Labute approximate surface area is 254 Å². The topological polar surface area (TPSA) is 94.9 Å². The lowest BCUT2D eigenvalue weighted by Crippen LogP contribution is -2.55. The van der Waals surface area contributed by atoms with Crippen LogP contribution in [0.2, 0.25) is 10.0 Å². The summed E-state index contributed by atoms with van der Waals surface area (Å²) in [6.45, 7) is 5.67. The second-order valence-electron chi connectivity index (χ2n) is 9.88. The highest BCUT2D eigenvalue weighted by molar-refractivity contribution is 6.30. The number of rotatable bonds is 7. The van der Waals surface area contributed by atoms with Gasteiger partial charge in [-0.25, -0.2) is 9.59 Å². The molecule has 11 heteroatoms. The van der Waals surface area contributed by atoms with Gasteiger partial charge in [0.15, 0.2) is 0 Å². The number of hydrogen-bond donors (Lipinski definition) is 1. The van der Waals surface area contributed by atoms with Crippen molar-refractivity contribution in [1.82, 2.24) is 14.7 Å². The number of carbonyl (C=O) groups is 2. The third-order valence-corrected chi connectivity index (χ3v) is 7.83. The fourth-order valence-corrected chi connectivity index (χ4v) is 5.57. The summed E-state index contributed by atoms with van der Waals surface area (Å²) in [6.07, 6.45) is -0.997. The Kier molecular flexibility index (Phi) is 9.09. The summed E-state index contributed by atoms with van der Waals surface area (Å²) in [5.74, 6) is 1.64. The lowest BCUT2D eigenvalue weighted by Gasteiger charge is -2.38. The number of carboxylic acid groups (broad SMARTS) is 1. The number of ether oxygens (including phenoxy) is 2. The molecule has 9 nitrogen and oxygen atoms in total. The maximum Gasteiger partial charge on any atom is 0.407 e. The first-order valence-corrected chi connectivity index (χ1v) is 14.6. The zero-order valence-corrected chi connectivity index (χ0v) is 24.9. The Morgan fingerprint density at radius 3 is 1.98 bits per heavy atom. The number of halogens is 2. The maximum absolute atomic E-state index is 14.5. The summed E-state index contributed by atoms with van der Waals surface area (Å²) in [5.41, 5.74) is 2.37. The third-order valence-electron chi connectivity index (χ3n) is 7.32. The van der Waals surface area contributed by atoms with Gasteiger partial charge in [-0.1, -0.05) is 47.5 Å². The predicted molar refractivity (Wildman–Crippen MR) is 162 cm³/mol. The van der Waals surface area contributed by atoms with Crippen LogP contribution < -0.4 is 9.47 Å². The molecular formula is C31H32Cl2N4O5. The van der Waals surface area contributed by atoms with Crippen LogP contribution in [0.4, 0.5) is 9.59 Å². The lowest BCUT2D eigenvalue weighted by atomic mass is 9.93. The van der Waals surface area contributed by atoms with E-state index in [2.05, 4.69) is 0 Å². The quantitative estimate of drug-likeness (QED) is 0.319. The summed E-state index contributed by atoms with van der Waals surface area (Å²) >= 11 is 12.5. The molecule has 3 amide bonds. The standard InChI is InChI=1S/C31H32Cl2N4O5/c1-3-41-24-13-14-25(26(19-24)42-4-2)29-34-27(20-5-9-22(32)10-6-20)28(21-7-11-23(33)12-8-21)37(29)30(38)35-15-17-36(18-16-35)31(39)40/h5-14,19,27-28H,3-4,15-18H2,1-2H3,(H,39,40). The molecule has 42 heavy (non-hydrogen) atoms. The number of urea groups is 1. The van der Waals surface area contributed by atoms with Crippen LogP contribution in [0.1, 0.15) is 42.6 Å². The summed E-state index contributed by atoms with van der Waals surface area (Å²) < 4.78 is 11.8. The molecule has 2 unspecified atom stereocenters. The van der Waals surface area contributed by atoms with Gasteiger partial charge in [0.2, 0.25) is 0 Å². The zero-order chi connectivity index (χ0) is 29.8. The van der Waals surface area contributed by atoms with Gasteiger partial charge in [0.25, 0.3) is 0 Å². The van der Waals surface area contributed by atoms with E-state index in [4.69, 9.17) is 37.7 Å². The molecular weight excluding hydrogens is 579 g/mol. The average molecular weight is 612 g/mol. The van der Waals surface area contributed by atoms with Crippen molar-refractivity contribution in [3.63, 3.8) is 0 Å². The fourth-order valence-electron chi connectivity index (χ4n) is 5.31. The molecule has 2 aliphatic heterocycles. The second kappa shape index (κ2) is 12.9. The lowest BCUT2D eigenvalue weighted by molar-refractivity contribution is 0.103. The van der Waals surface area contributed by atoms with Gasteiger partial charge in [-0.15, -0.1) is 0 Å². The van der Waals surface area contributed by atoms with Gasteiger partial charge in [-0.3, -0.25) is 9.89 Å². The van der Waals surface area contributed by atoms with Crippen LogP contribution >= 0.6 is 23.2 Å². The number of nitrogens with zero attached hydrogens (tertiary/aromatic N) is 4. The molecule has 0 aromatic heterocycles. The summed E-state index contributed by atoms with van der Waals surface area (Å²) in [4.78, 5) is 35.9. The monoisotopic (exact) mass is 610 g/mol. The molecule has 0 spiro atoms. The van der Waals surface area contributed by atoms with Crippen molar-refractivity contribution in [3.8, 4) is 11.5 Å². The number of hydrogen-bond acceptors (Lipinski definition) is 5. The highest BCUT2D eigenvalue weighted by Gasteiger charge is 2.45. The largest absolute Gasteiger partial charge is 0.494 e. The minimum atomic E-state index is -0.997. The maximum atomic E-state index is 14.5. The van der Waals surface area contributed by atoms with Gasteiger partial charge in [-0.05, 0) is 61.4 Å². The van der Waals surface area contributed by atoms with Crippen LogP contribution in [-0.2, 0) is 0 Å². The minimum Gasteiger partial charge on any atom is -0.494 e. The number of carbonyl (C=O) groups excluding carboxylic acids is 1. The second-order valence-corrected chi connectivity index (χ2v) is 10.8. The molecule has 1 N–H and O–H groups in total. The molecule has 2 atom stereocenters. The van der Waals surface area contributed by atoms with Gasteiger partial charge in [0, 0.05) is 42.3 Å². The molecule has 0 saturated carbocycles. The van der Waals surface area contributed by atoms with Gasteiger partial charge < -0.3 is 24.4 Å². The number of amides is 3. The van der Waals surface area contributed by atoms with Gasteiger partial charge >= 0.3 is 12.1 Å². The number of amidine groups is 1. The van der Waals surface area contributed by atoms with Gasteiger partial charge in [0.05, 0.1) is 24.8 Å². The normalized spacial score (nSPS) is 18.6. The van der Waals surface area contributed by atoms with Crippen LogP contribution in [0.3, 0.4) is 0 Å². The molecule has 0 bridgehead atoms. The van der Waals surface area contributed by atoms with Crippen molar-refractivity contribution in [2.45, 2.75) is 25.9 Å². The zero-order valence-electron chi connectivity index (χ0n) is 23.4. The van der Waals surface area contributed by atoms with E-state index in [1.807, 2.05) is 68.4 Å². The average Bonchev–Trinajstić information content (AvgIpc) is 3.38. The highest BCUT2D eigenvalue weighted by Crippen LogP contribution is 2.45. The van der Waals surface area contributed by atoms with Crippen LogP contribution in [-0.4, -0.2) is 77.2 Å². The van der Waals surface area contributed by atoms with Crippen molar-refractivity contribution in [2.24, 2.45) is 4.99 Å². The van der Waals surface area contributed by atoms with Gasteiger partial charge in [-0.2, -0.15) is 0 Å². The molecule has 5 rings (SSSR count). The predicted octanol–water partition coefficient (Wildman–Crippen LogP) is 6.75. The first kappa shape index (κ1) is 29.5. The van der Waals surface area contributed by atoms with Gasteiger partial charge in [0.1, 0.15) is 23.4 Å². The van der Waals surface area contributed by atoms with E-state index in [1.165, 1.54) is 4.90 Å². The molecule has 1 saturated heterocycles. The molecule has 2 heterocycles. The highest BCUT2D eigenvalue weighted by atomic mass is 35.5. The van der Waals surface area contributed by atoms with E-state index >= 15 is 0 Å². The number of aliphatic imine (C=N–C) groups is 1. The summed E-state index contributed by atoms with van der Waals surface area (Å²) in [5, 5.41) is 10.6. The molecule has 3 aromatic rings. The van der Waals surface area contributed by atoms with Crippen LogP contribution in [0.15, 0.2) is 71.7 Å². The Bertz CT molecular complexity index is 1460. The van der Waals surface area contributed by atoms with E-state index in [0.717, 1.165) is 11.1 Å². The SMILES string of the molecule is CCOc1ccc(C2=NC(c3ccc(Cl)cc3)C(c3ccc(Cl)cc3)N2C(=O)N2CCN(C(=O)O)CC2)c(OCC)c1. The first-order valence-electron chi connectivity index (χ1n) is 13.9. The number of piperazine rings is 1. The Balaban J connectivity index is 1.65. The minimum absolute atomic E-state index is 0.223. The van der Waals surface area contributed by atoms with Crippen molar-refractivity contribution in [2.75, 3.05) is 39.4 Å². The Morgan fingerprint density at radius 1 is 0.833 bits per heavy atom. The van der Waals surface area contributed by atoms with E-state index in [1.54, 1.807) is 21.9 Å². The van der Waals surface area contributed by atoms with E-state index < -0.39 is 18.2 Å². The molecule has 0 radical (unpaired) electrons. The first-order chi connectivity index (χ1) is 20.3. The van der Waals surface area contributed by atoms with Crippen molar-refractivity contribution in [1.29, 1.82) is 0 Å². The molecule has 2 aliphatic rings. The molecule has 220 valence electrons. The summed E-state index contributed by atoms with van der Waals surface area (Å²) in [6, 6.07) is 19.1. The van der Waals surface area contributed by atoms with Crippen LogP contribution in [0.25, 0.3) is 0 Å². The van der Waals surface area contributed by atoms with Crippen molar-refractivity contribution in [3.05, 3.63) is 93.5 Å².